The molecule has 7 nitrogen and oxygen atoms in total. The van der Waals surface area contributed by atoms with E-state index in [9.17, 15) is 14.4 Å². The maximum Gasteiger partial charge on any atom is 0.325 e. The topological polar surface area (TPSA) is 90.9 Å². The van der Waals surface area contributed by atoms with Gasteiger partial charge in [0.15, 0.2) is 5.78 Å². The van der Waals surface area contributed by atoms with Crippen molar-refractivity contribution in [2.24, 2.45) is 5.41 Å². The largest absolute Gasteiger partial charge is 0.486 e. The quantitative estimate of drug-likeness (QED) is 0.341. The fraction of sp³-hybridized carbons (Fsp3) is 0.531. The molecule has 4 rings (SSSR count). The van der Waals surface area contributed by atoms with Crippen molar-refractivity contribution in [1.82, 2.24) is 5.32 Å². The SMILES string of the molecule is CC1(C(=O)COc2ccc(CC3(C(=O)OCc4ccccc4)COCNC(=O)S3)cc2)CCCCCCCCC1. The minimum atomic E-state index is -1.22. The summed E-state index contributed by atoms with van der Waals surface area (Å²) in [4.78, 5) is 39.0. The smallest absolute Gasteiger partial charge is 0.325 e. The molecule has 0 spiro atoms. The first-order valence-corrected chi connectivity index (χ1v) is 15.2. The molecular weight excluding hydrogens is 526 g/mol. The van der Waals surface area contributed by atoms with E-state index in [0.29, 0.717) is 5.75 Å². The van der Waals surface area contributed by atoms with E-state index in [4.69, 9.17) is 14.2 Å². The van der Waals surface area contributed by atoms with Crippen LogP contribution in [0.3, 0.4) is 0 Å². The minimum Gasteiger partial charge on any atom is -0.486 e. The van der Waals surface area contributed by atoms with Crippen LogP contribution in [0.4, 0.5) is 4.79 Å². The molecule has 1 atom stereocenters. The van der Waals surface area contributed by atoms with E-state index in [-0.39, 0.29) is 49.4 Å². The number of ether oxygens (including phenoxy) is 3. The van der Waals surface area contributed by atoms with Crippen LogP contribution in [0.1, 0.15) is 75.8 Å². The highest BCUT2D eigenvalue weighted by atomic mass is 32.2. The maximum atomic E-state index is 13.3. The Morgan fingerprint density at radius 3 is 2.23 bits per heavy atom. The van der Waals surface area contributed by atoms with Crippen LogP contribution in [-0.2, 0) is 32.1 Å². The van der Waals surface area contributed by atoms with Crippen molar-refractivity contribution in [3.63, 3.8) is 0 Å². The van der Waals surface area contributed by atoms with Gasteiger partial charge in [-0.25, -0.2) is 0 Å². The standard InChI is InChI=1S/C32H41NO6S/c1-31(18-10-5-3-2-4-6-11-19-31)28(34)22-38-27-16-14-25(15-17-27)20-32(23-37-24-33-30(36)40-32)29(35)39-21-26-12-8-7-9-13-26/h7-9,12-17H,2-6,10-11,18-24H2,1H3,(H,33,36). The summed E-state index contributed by atoms with van der Waals surface area (Å²) in [6.45, 7) is 2.34. The third kappa shape index (κ3) is 8.58. The number of benzene rings is 2. The number of carbonyl (C=O) groups is 3. The number of Topliss-reactive ketones (excluding diaryl/α,β-unsaturated/α-hetero) is 1. The maximum absolute atomic E-state index is 13.3. The molecular formula is C32H41NO6S. The molecule has 1 saturated heterocycles. The predicted molar refractivity (Wildman–Crippen MR) is 156 cm³/mol. The lowest BCUT2D eigenvalue weighted by atomic mass is 9.76. The summed E-state index contributed by atoms with van der Waals surface area (Å²) in [7, 11) is 0. The van der Waals surface area contributed by atoms with Crippen molar-refractivity contribution in [3.8, 4) is 5.75 Å². The molecule has 8 heteroatoms. The Bertz CT molecular complexity index is 1110. The number of hydrogen-bond donors (Lipinski definition) is 1. The summed E-state index contributed by atoms with van der Waals surface area (Å²) in [6.07, 6.45) is 10.5. The Labute approximate surface area is 241 Å². The first-order chi connectivity index (χ1) is 19.4. The third-order valence-corrected chi connectivity index (χ3v) is 9.09. The lowest BCUT2D eigenvalue weighted by molar-refractivity contribution is -0.149. The van der Waals surface area contributed by atoms with Crippen molar-refractivity contribution in [2.45, 2.75) is 82.5 Å². The Morgan fingerprint density at radius 2 is 1.55 bits per heavy atom. The van der Waals surface area contributed by atoms with Gasteiger partial charge in [-0.05, 0) is 47.9 Å². The van der Waals surface area contributed by atoms with E-state index in [1.165, 1.54) is 32.1 Å². The number of rotatable bonds is 9. The second kappa shape index (κ2) is 14.7. The Hall–Kier alpha value is -2.84. The number of hydrogen-bond acceptors (Lipinski definition) is 7. The first-order valence-electron chi connectivity index (χ1n) is 14.4. The molecule has 1 heterocycles. The molecule has 0 radical (unpaired) electrons. The first kappa shape index (κ1) is 30.1. The van der Waals surface area contributed by atoms with E-state index in [1.807, 2.05) is 54.6 Å². The molecule has 2 fully saturated rings. The minimum absolute atomic E-state index is 0.0371. The van der Waals surface area contributed by atoms with E-state index >= 15 is 0 Å². The molecule has 1 amide bonds. The molecule has 0 bridgehead atoms. The van der Waals surface area contributed by atoms with Crippen LogP contribution < -0.4 is 10.1 Å². The fourth-order valence-electron chi connectivity index (χ4n) is 5.36. The number of ketones is 1. The van der Waals surface area contributed by atoms with Crippen LogP contribution in [0.2, 0.25) is 0 Å². The number of carbonyl (C=O) groups excluding carboxylic acids is 3. The van der Waals surface area contributed by atoms with Crippen molar-refractivity contribution < 1.29 is 28.6 Å². The average molecular weight is 568 g/mol. The molecule has 2 aliphatic rings. The Morgan fingerprint density at radius 1 is 0.900 bits per heavy atom. The van der Waals surface area contributed by atoms with Crippen molar-refractivity contribution >= 4 is 28.8 Å². The molecule has 216 valence electrons. The van der Waals surface area contributed by atoms with Crippen LogP contribution in [0.15, 0.2) is 54.6 Å². The second-order valence-corrected chi connectivity index (χ2v) is 12.5. The third-order valence-electron chi connectivity index (χ3n) is 7.94. The fourth-order valence-corrected chi connectivity index (χ4v) is 6.37. The van der Waals surface area contributed by atoms with Gasteiger partial charge >= 0.3 is 5.97 Å². The summed E-state index contributed by atoms with van der Waals surface area (Å²) < 4.78 is 15.9. The van der Waals surface area contributed by atoms with E-state index < -0.39 is 10.7 Å². The summed E-state index contributed by atoms with van der Waals surface area (Å²) in [5.41, 5.74) is 1.37. The highest BCUT2D eigenvalue weighted by Crippen LogP contribution is 2.36. The highest BCUT2D eigenvalue weighted by molar-refractivity contribution is 8.15. The van der Waals surface area contributed by atoms with Crippen LogP contribution in [0.5, 0.6) is 5.75 Å². The molecule has 1 aliphatic heterocycles. The van der Waals surface area contributed by atoms with Gasteiger partial charge in [-0.3, -0.25) is 14.4 Å². The molecule has 1 aliphatic carbocycles. The average Bonchev–Trinajstić information content (AvgIpc) is 3.16. The lowest BCUT2D eigenvalue weighted by Crippen LogP contribution is -2.43. The van der Waals surface area contributed by atoms with E-state index in [0.717, 1.165) is 48.6 Å². The van der Waals surface area contributed by atoms with Crippen molar-refractivity contribution in [1.29, 1.82) is 0 Å². The molecule has 40 heavy (non-hydrogen) atoms. The van der Waals surface area contributed by atoms with E-state index in [2.05, 4.69) is 12.2 Å². The Balaban J connectivity index is 1.38. The van der Waals surface area contributed by atoms with Gasteiger partial charge in [0.25, 0.3) is 5.24 Å². The lowest BCUT2D eigenvalue weighted by Gasteiger charge is -2.29. The molecule has 2 aromatic carbocycles. The van der Waals surface area contributed by atoms with Gasteiger partial charge in [-0.1, -0.05) is 94.3 Å². The van der Waals surface area contributed by atoms with E-state index in [1.54, 1.807) is 0 Å². The zero-order valence-corrected chi connectivity index (χ0v) is 24.3. The summed E-state index contributed by atoms with van der Waals surface area (Å²) >= 11 is 0.907. The molecule has 0 aromatic heterocycles. The van der Waals surface area contributed by atoms with Gasteiger partial charge in [0.1, 0.15) is 30.4 Å². The van der Waals surface area contributed by atoms with Gasteiger partial charge < -0.3 is 19.5 Å². The zero-order valence-electron chi connectivity index (χ0n) is 23.5. The van der Waals surface area contributed by atoms with Gasteiger partial charge in [-0.2, -0.15) is 0 Å². The van der Waals surface area contributed by atoms with Crippen molar-refractivity contribution in [2.75, 3.05) is 19.9 Å². The van der Waals surface area contributed by atoms with Gasteiger partial charge in [0, 0.05) is 11.8 Å². The van der Waals surface area contributed by atoms with Crippen LogP contribution in [-0.4, -0.2) is 41.7 Å². The summed E-state index contributed by atoms with van der Waals surface area (Å²) in [5.74, 6) is 0.266. The second-order valence-electron chi connectivity index (χ2n) is 11.2. The summed E-state index contributed by atoms with van der Waals surface area (Å²) in [5, 5.41) is 2.30. The normalized spacial score (nSPS) is 21.9. The highest BCUT2D eigenvalue weighted by Gasteiger charge is 2.45. The molecule has 1 saturated carbocycles. The molecule has 1 N–H and O–H groups in total. The number of amides is 1. The Kier molecular flexibility index (Phi) is 11.1. The van der Waals surface area contributed by atoms with Gasteiger partial charge in [-0.15, -0.1) is 0 Å². The monoisotopic (exact) mass is 567 g/mol. The number of nitrogens with one attached hydrogen (secondary N) is 1. The number of esters is 1. The molecule has 2 aromatic rings. The molecule has 1 unspecified atom stereocenters. The number of thioether (sulfide) groups is 1. The van der Waals surface area contributed by atoms with Gasteiger partial charge in [0.05, 0.1) is 6.61 Å². The van der Waals surface area contributed by atoms with Crippen LogP contribution in [0.25, 0.3) is 0 Å². The predicted octanol–water partition coefficient (Wildman–Crippen LogP) is 6.62. The summed E-state index contributed by atoms with van der Waals surface area (Å²) in [6, 6.07) is 16.8. The van der Waals surface area contributed by atoms with Gasteiger partial charge in [0.2, 0.25) is 0 Å². The van der Waals surface area contributed by atoms with Crippen molar-refractivity contribution in [3.05, 3.63) is 65.7 Å². The van der Waals surface area contributed by atoms with Crippen LogP contribution in [0, 0.1) is 5.41 Å². The zero-order chi connectivity index (χ0) is 28.3. The van der Waals surface area contributed by atoms with Crippen LogP contribution >= 0.6 is 11.8 Å².